The van der Waals surface area contributed by atoms with Crippen molar-refractivity contribution in [3.63, 3.8) is 0 Å². The second-order valence-corrected chi connectivity index (χ2v) is 5.25. The molecule has 2 unspecified atom stereocenters. The summed E-state index contributed by atoms with van der Waals surface area (Å²) in [5.41, 5.74) is 1.25. The number of carbonyl (C=O) groups is 2. The van der Waals surface area contributed by atoms with Crippen molar-refractivity contribution in [3.8, 4) is 0 Å². The third-order valence-electron chi connectivity index (χ3n) is 3.88. The molecule has 1 fully saturated rings. The van der Waals surface area contributed by atoms with Crippen LogP contribution < -0.4 is 0 Å². The van der Waals surface area contributed by atoms with Gasteiger partial charge in [-0.3, -0.25) is 9.48 Å². The number of hydrogen-bond donors (Lipinski definition) is 1. The third-order valence-corrected chi connectivity index (χ3v) is 3.88. The van der Waals surface area contributed by atoms with E-state index in [9.17, 15) is 14.7 Å². The number of carboxylic acid groups (broad SMARTS) is 1. The van der Waals surface area contributed by atoms with Gasteiger partial charge in [-0.1, -0.05) is 6.92 Å². The summed E-state index contributed by atoms with van der Waals surface area (Å²) in [6, 6.07) is -0.726. The van der Waals surface area contributed by atoms with Gasteiger partial charge in [0.15, 0.2) is 0 Å². The van der Waals surface area contributed by atoms with Crippen LogP contribution in [0.3, 0.4) is 0 Å². The fourth-order valence-corrected chi connectivity index (χ4v) is 2.48. The van der Waals surface area contributed by atoms with Gasteiger partial charge in [-0.05, 0) is 25.7 Å². The zero-order valence-corrected chi connectivity index (χ0v) is 11.5. The SMILES string of the molecule is Cc1c(C(=O)N2CCC(C)CC2C(=O)O)cnn1C. The molecule has 1 aliphatic rings. The Morgan fingerprint density at radius 1 is 1.47 bits per heavy atom. The highest BCUT2D eigenvalue weighted by Crippen LogP contribution is 2.25. The van der Waals surface area contributed by atoms with Crippen molar-refractivity contribution in [2.24, 2.45) is 13.0 Å². The smallest absolute Gasteiger partial charge is 0.326 e. The highest BCUT2D eigenvalue weighted by Gasteiger charge is 2.36. The molecule has 0 bridgehead atoms. The van der Waals surface area contributed by atoms with E-state index in [-0.39, 0.29) is 5.91 Å². The van der Waals surface area contributed by atoms with Crippen molar-refractivity contribution in [2.75, 3.05) is 6.54 Å². The fraction of sp³-hybridized carbons (Fsp3) is 0.615. The molecule has 19 heavy (non-hydrogen) atoms. The van der Waals surface area contributed by atoms with E-state index >= 15 is 0 Å². The number of aryl methyl sites for hydroxylation is 1. The van der Waals surface area contributed by atoms with Gasteiger partial charge < -0.3 is 10.0 Å². The Morgan fingerprint density at radius 2 is 2.16 bits per heavy atom. The number of hydrogen-bond acceptors (Lipinski definition) is 3. The Bertz CT molecular complexity index is 509. The molecular weight excluding hydrogens is 246 g/mol. The molecule has 1 aromatic heterocycles. The topological polar surface area (TPSA) is 75.4 Å². The first-order valence-corrected chi connectivity index (χ1v) is 6.44. The molecule has 0 aliphatic carbocycles. The number of rotatable bonds is 2. The number of amides is 1. The molecule has 2 atom stereocenters. The van der Waals surface area contributed by atoms with Gasteiger partial charge in [0.1, 0.15) is 6.04 Å². The van der Waals surface area contributed by atoms with E-state index in [0.717, 1.165) is 12.1 Å². The molecule has 2 heterocycles. The predicted molar refractivity (Wildman–Crippen MR) is 68.8 cm³/mol. The molecule has 6 nitrogen and oxygen atoms in total. The normalized spacial score (nSPS) is 23.4. The van der Waals surface area contributed by atoms with Gasteiger partial charge in [-0.25, -0.2) is 4.79 Å². The predicted octanol–water partition coefficient (Wildman–Crippen LogP) is 1.05. The molecule has 0 spiro atoms. The Hall–Kier alpha value is -1.85. The average molecular weight is 265 g/mol. The van der Waals surface area contributed by atoms with Crippen molar-refractivity contribution in [1.29, 1.82) is 0 Å². The molecule has 6 heteroatoms. The van der Waals surface area contributed by atoms with Crippen molar-refractivity contribution >= 4 is 11.9 Å². The molecule has 0 saturated carbocycles. The summed E-state index contributed by atoms with van der Waals surface area (Å²) in [5.74, 6) is -0.827. The van der Waals surface area contributed by atoms with Gasteiger partial charge in [0.25, 0.3) is 5.91 Å². The Morgan fingerprint density at radius 3 is 2.68 bits per heavy atom. The molecule has 1 N–H and O–H groups in total. The van der Waals surface area contributed by atoms with Gasteiger partial charge in [0, 0.05) is 19.3 Å². The molecule has 2 rings (SSSR count). The maximum Gasteiger partial charge on any atom is 0.326 e. The van der Waals surface area contributed by atoms with Crippen LogP contribution in [0.2, 0.25) is 0 Å². The van der Waals surface area contributed by atoms with Gasteiger partial charge in [0.05, 0.1) is 11.8 Å². The van der Waals surface area contributed by atoms with Gasteiger partial charge in [-0.15, -0.1) is 0 Å². The number of aliphatic carboxylic acids is 1. The minimum Gasteiger partial charge on any atom is -0.480 e. The van der Waals surface area contributed by atoms with Gasteiger partial charge >= 0.3 is 5.97 Å². The highest BCUT2D eigenvalue weighted by molar-refractivity contribution is 5.97. The fourth-order valence-electron chi connectivity index (χ4n) is 2.48. The summed E-state index contributed by atoms with van der Waals surface area (Å²) < 4.78 is 1.62. The maximum atomic E-state index is 12.5. The van der Waals surface area contributed by atoms with Crippen molar-refractivity contribution in [2.45, 2.75) is 32.7 Å². The van der Waals surface area contributed by atoms with Crippen molar-refractivity contribution in [1.82, 2.24) is 14.7 Å². The lowest BCUT2D eigenvalue weighted by Gasteiger charge is -2.35. The van der Waals surface area contributed by atoms with Crippen LogP contribution in [0, 0.1) is 12.8 Å². The molecule has 104 valence electrons. The summed E-state index contributed by atoms with van der Waals surface area (Å²) in [6.07, 6.45) is 2.86. The van der Waals surface area contributed by atoms with Crippen LogP contribution in [0.5, 0.6) is 0 Å². The minimum atomic E-state index is -0.929. The molecule has 1 saturated heterocycles. The van der Waals surface area contributed by atoms with Crippen molar-refractivity contribution in [3.05, 3.63) is 17.5 Å². The van der Waals surface area contributed by atoms with Crippen LogP contribution in [0.1, 0.15) is 35.8 Å². The van der Waals surface area contributed by atoms with E-state index in [1.807, 2.05) is 13.8 Å². The maximum absolute atomic E-state index is 12.5. The Labute approximate surface area is 112 Å². The number of aromatic nitrogens is 2. The standard InChI is InChI=1S/C13H19N3O3/c1-8-4-5-16(11(6-8)13(18)19)12(17)10-7-14-15(3)9(10)2/h7-8,11H,4-6H2,1-3H3,(H,18,19). The molecule has 0 aromatic carbocycles. The lowest BCUT2D eigenvalue weighted by molar-refractivity contribution is -0.144. The van der Waals surface area contributed by atoms with E-state index < -0.39 is 12.0 Å². The molecule has 1 aliphatic heterocycles. The molecular formula is C13H19N3O3. The number of piperidine rings is 1. The van der Waals surface area contributed by atoms with Crippen LogP contribution in [-0.2, 0) is 11.8 Å². The average Bonchev–Trinajstić information content (AvgIpc) is 2.69. The zero-order valence-electron chi connectivity index (χ0n) is 11.5. The van der Waals surface area contributed by atoms with E-state index in [0.29, 0.717) is 24.4 Å². The Kier molecular flexibility index (Phi) is 3.59. The van der Waals surface area contributed by atoms with Crippen molar-refractivity contribution < 1.29 is 14.7 Å². The lowest BCUT2D eigenvalue weighted by Crippen LogP contribution is -2.49. The summed E-state index contributed by atoms with van der Waals surface area (Å²) in [5, 5.41) is 13.3. The van der Waals surface area contributed by atoms with Crippen LogP contribution in [0.15, 0.2) is 6.20 Å². The van der Waals surface area contributed by atoms with E-state index in [4.69, 9.17) is 0 Å². The molecule has 1 amide bonds. The monoisotopic (exact) mass is 265 g/mol. The molecule has 1 aromatic rings. The Balaban J connectivity index is 2.26. The third kappa shape index (κ3) is 2.47. The summed E-state index contributed by atoms with van der Waals surface area (Å²) in [6.45, 7) is 4.32. The summed E-state index contributed by atoms with van der Waals surface area (Å²) in [4.78, 5) is 25.3. The van der Waals surface area contributed by atoms with Crippen LogP contribution in [0.25, 0.3) is 0 Å². The first-order chi connectivity index (χ1) is 8.91. The van der Waals surface area contributed by atoms with Crippen LogP contribution in [0.4, 0.5) is 0 Å². The highest BCUT2D eigenvalue weighted by atomic mass is 16.4. The van der Waals surface area contributed by atoms with Gasteiger partial charge in [0.2, 0.25) is 0 Å². The first kappa shape index (κ1) is 13.6. The molecule has 0 radical (unpaired) electrons. The quantitative estimate of drug-likeness (QED) is 0.867. The number of nitrogens with zero attached hydrogens (tertiary/aromatic N) is 3. The lowest BCUT2D eigenvalue weighted by atomic mass is 9.92. The number of likely N-dealkylation sites (tertiary alicyclic amines) is 1. The number of carboxylic acids is 1. The summed E-state index contributed by atoms with van der Waals surface area (Å²) >= 11 is 0. The summed E-state index contributed by atoms with van der Waals surface area (Å²) in [7, 11) is 1.76. The second kappa shape index (κ2) is 5.03. The second-order valence-electron chi connectivity index (χ2n) is 5.25. The van der Waals surface area contributed by atoms with Crippen LogP contribution in [-0.4, -0.2) is 44.3 Å². The van der Waals surface area contributed by atoms with E-state index in [2.05, 4.69) is 5.10 Å². The minimum absolute atomic E-state index is 0.232. The van der Waals surface area contributed by atoms with E-state index in [1.165, 1.54) is 11.1 Å². The zero-order chi connectivity index (χ0) is 14.2. The van der Waals surface area contributed by atoms with Crippen LogP contribution >= 0.6 is 0 Å². The number of carbonyl (C=O) groups excluding carboxylic acids is 1. The largest absolute Gasteiger partial charge is 0.480 e. The first-order valence-electron chi connectivity index (χ1n) is 6.44. The van der Waals surface area contributed by atoms with E-state index in [1.54, 1.807) is 11.7 Å². The van der Waals surface area contributed by atoms with Gasteiger partial charge in [-0.2, -0.15) is 5.10 Å².